The molecular weight excluding hydrogens is 522 g/mol. The summed E-state index contributed by atoms with van der Waals surface area (Å²) in [5.74, 6) is 0. The molecule has 0 atom stereocenters. The fourth-order valence-electron chi connectivity index (χ4n) is 0. The minimum Gasteiger partial charge on any atom is 0 e. The number of rotatable bonds is 0. The average molecular weight is 522 g/mol. The van der Waals surface area contributed by atoms with Crippen LogP contribution in [0.25, 0.3) is 0 Å². The van der Waals surface area contributed by atoms with Gasteiger partial charge < -0.3 is 0 Å². The van der Waals surface area contributed by atoms with E-state index in [2.05, 4.69) is 0 Å². The zero-order valence-electron chi connectivity index (χ0n) is 2.38. The van der Waals surface area contributed by atoms with Crippen molar-refractivity contribution in [3.63, 3.8) is 0 Å². The Kier molecular flexibility index (Phi) is 80.6. The Bertz CT molecular complexity index is 6.85. The van der Waals surface area contributed by atoms with Crippen LogP contribution in [0.15, 0.2) is 0 Å². The second-order valence-corrected chi connectivity index (χ2v) is 0. The molecule has 0 aromatic carbocycles. The summed E-state index contributed by atoms with van der Waals surface area (Å²) >= 11 is 7.42. The predicted molar refractivity (Wildman–Crippen MR) is 28.8 cm³/mol. The van der Waals surface area contributed by atoms with Crippen molar-refractivity contribution in [2.75, 3.05) is 0 Å². The van der Waals surface area contributed by atoms with E-state index in [0.717, 1.165) is 0 Å². The van der Waals surface area contributed by atoms with Crippen molar-refractivity contribution in [3.8, 4) is 0 Å². The van der Waals surface area contributed by atoms with Crippen molar-refractivity contribution in [2.24, 2.45) is 0 Å². The SMILES string of the molecule is [Ga]=[Te].[Ga]=[Te].[Te]. The Hall–Kier alpha value is 3.64. The summed E-state index contributed by atoms with van der Waals surface area (Å²) in [4.78, 5) is 0. The van der Waals surface area contributed by atoms with E-state index in [0.29, 0.717) is 0 Å². The molecule has 0 nitrogen and oxygen atoms in total. The topological polar surface area (TPSA) is 0 Å². The van der Waals surface area contributed by atoms with Gasteiger partial charge in [-0.25, -0.2) is 0 Å². The van der Waals surface area contributed by atoms with Crippen LogP contribution < -0.4 is 0 Å². The van der Waals surface area contributed by atoms with E-state index < -0.39 is 0 Å². The van der Waals surface area contributed by atoms with E-state index in [9.17, 15) is 0 Å². The first-order chi connectivity index (χ1) is 2.00. The average Bonchev–Trinajstić information content (AvgIpc) is 1.50. The Morgan fingerprint density at radius 2 is 0.800 bits per heavy atom. The van der Waals surface area contributed by atoms with Gasteiger partial charge in [0.2, 0.25) is 0 Å². The van der Waals surface area contributed by atoms with Crippen molar-refractivity contribution in [1.82, 2.24) is 0 Å². The summed E-state index contributed by atoms with van der Waals surface area (Å²) in [6.07, 6.45) is 0. The van der Waals surface area contributed by atoms with Crippen LogP contribution in [0.4, 0.5) is 0 Å². The number of hydrogen-bond acceptors (Lipinski definition) is 0. The van der Waals surface area contributed by atoms with Gasteiger partial charge >= 0.3 is 66.6 Å². The van der Waals surface area contributed by atoms with Gasteiger partial charge in [0.05, 0.1) is 0 Å². The molecule has 0 aliphatic carbocycles. The van der Waals surface area contributed by atoms with Crippen LogP contribution in [-0.2, 0) is 0 Å². The van der Waals surface area contributed by atoms with Crippen molar-refractivity contribution in [2.45, 2.75) is 0 Å². The molecule has 0 aliphatic rings. The summed E-state index contributed by atoms with van der Waals surface area (Å²) in [6.45, 7) is 0. The first-order valence-electron chi connectivity index (χ1n) is 0.471. The maximum atomic E-state index is 2.01. The van der Waals surface area contributed by atoms with Crippen molar-refractivity contribution < 1.29 is 0 Å². The standard InChI is InChI=1S/2Ga.3Te. The molecule has 0 amide bonds. The molecule has 0 aliphatic heterocycles. The van der Waals surface area contributed by atoms with Crippen LogP contribution in [0.1, 0.15) is 0 Å². The summed E-state index contributed by atoms with van der Waals surface area (Å²) in [5.41, 5.74) is 0. The Morgan fingerprint density at radius 3 is 0.800 bits per heavy atom. The summed E-state index contributed by atoms with van der Waals surface area (Å²) in [6, 6.07) is 0. The first-order valence-corrected chi connectivity index (χ1v) is 16.4. The van der Waals surface area contributed by atoms with Gasteiger partial charge in [-0.15, -0.1) is 0 Å². The maximum Gasteiger partial charge on any atom is 0 e. The molecule has 0 unspecified atom stereocenters. The van der Waals surface area contributed by atoms with Crippen LogP contribution >= 0.6 is 0 Å². The third-order valence-electron chi connectivity index (χ3n) is 0. The summed E-state index contributed by atoms with van der Waals surface area (Å²) in [5, 5.41) is 0. The van der Waals surface area contributed by atoms with E-state index >= 15 is 0 Å². The molecule has 5 heteroatoms. The molecule has 0 bridgehead atoms. The predicted octanol–water partition coefficient (Wildman–Crippen LogP) is -1.90. The third-order valence-corrected chi connectivity index (χ3v) is 0. The molecule has 0 spiro atoms. The van der Waals surface area contributed by atoms with Crippen molar-refractivity contribution in [3.05, 3.63) is 0 Å². The minimum absolute atomic E-state index is 0. The van der Waals surface area contributed by atoms with Gasteiger partial charge in [-0.3, -0.25) is 0 Å². The fourth-order valence-corrected chi connectivity index (χ4v) is 0. The smallest absolute Gasteiger partial charge is 0 e. The maximum absolute atomic E-state index is 2.01. The van der Waals surface area contributed by atoms with Gasteiger partial charge in [-0.1, -0.05) is 0 Å². The normalized spacial score (nSPS) is 1.20. The minimum atomic E-state index is 0. The molecule has 5 heavy (non-hydrogen) atoms. The zero-order chi connectivity index (χ0) is 4.00. The molecule has 0 N–H and O–H groups in total. The van der Waals surface area contributed by atoms with E-state index in [-0.39, 0.29) is 23.7 Å². The van der Waals surface area contributed by atoms with E-state index in [1.54, 1.807) is 29.1 Å². The second-order valence-electron chi connectivity index (χ2n) is 0. The third kappa shape index (κ3) is 18.3. The van der Waals surface area contributed by atoms with E-state index in [4.69, 9.17) is 0 Å². The quantitative estimate of drug-likeness (QED) is 0.327. The molecule has 0 saturated heterocycles. The molecule has 0 fully saturated rings. The van der Waals surface area contributed by atoms with Crippen LogP contribution in [0.3, 0.4) is 0 Å². The van der Waals surface area contributed by atoms with E-state index in [1.165, 1.54) is 0 Å². The van der Waals surface area contributed by atoms with Crippen molar-refractivity contribution >= 4 is 90.3 Å². The molecule has 0 aromatic heterocycles. The summed E-state index contributed by atoms with van der Waals surface area (Å²) < 4.78 is 0. The second kappa shape index (κ2) is 25.4. The molecular formula is Ga2Te3. The number of hydrogen-bond donors (Lipinski definition) is 0. The van der Waals surface area contributed by atoms with Crippen molar-refractivity contribution in [1.29, 1.82) is 0 Å². The Labute approximate surface area is 88.0 Å². The first kappa shape index (κ1) is 15.9. The van der Waals surface area contributed by atoms with Gasteiger partial charge in [-0.2, -0.15) is 0 Å². The molecule has 24 valence electrons. The Balaban J connectivity index is -0.0000000133. The van der Waals surface area contributed by atoms with Crippen LogP contribution in [0.5, 0.6) is 0 Å². The molecule has 0 saturated carbocycles. The fraction of sp³-hybridized carbons (Fsp3) is 0. The molecule has 0 heterocycles. The van der Waals surface area contributed by atoms with Gasteiger partial charge in [-0.05, 0) is 0 Å². The Morgan fingerprint density at radius 1 is 0.800 bits per heavy atom. The van der Waals surface area contributed by atoms with Gasteiger partial charge in [0.1, 0.15) is 0 Å². The largest absolute Gasteiger partial charge is 0 e. The summed E-state index contributed by atoms with van der Waals surface area (Å²) in [7, 11) is 0. The van der Waals surface area contributed by atoms with Gasteiger partial charge in [0.15, 0.2) is 0 Å². The van der Waals surface area contributed by atoms with Crippen LogP contribution in [-0.4, -0.2) is 90.3 Å². The molecule has 4 radical (unpaired) electrons. The monoisotopic (exact) mass is 528 g/mol. The van der Waals surface area contributed by atoms with Gasteiger partial charge in [0, 0.05) is 23.7 Å². The molecule has 0 aromatic rings. The van der Waals surface area contributed by atoms with Crippen LogP contribution in [0, 0.1) is 0 Å². The zero-order valence-corrected chi connectivity index (χ0v) is 14.2. The van der Waals surface area contributed by atoms with Crippen LogP contribution in [0.2, 0.25) is 0 Å². The molecule has 0 rings (SSSR count). The van der Waals surface area contributed by atoms with Gasteiger partial charge in [0.25, 0.3) is 0 Å². The van der Waals surface area contributed by atoms with E-state index in [1.807, 2.05) is 37.6 Å².